The lowest BCUT2D eigenvalue weighted by Crippen LogP contribution is -2.56. The minimum atomic E-state index is 0.0521. The number of carbonyl (C=O) groups is 1. The molecule has 7 heteroatoms. The van der Waals surface area contributed by atoms with Crippen LogP contribution < -0.4 is 15.0 Å². The van der Waals surface area contributed by atoms with Gasteiger partial charge in [-0.3, -0.25) is 9.69 Å². The Morgan fingerprint density at radius 2 is 1.90 bits per heavy atom. The van der Waals surface area contributed by atoms with Crippen molar-refractivity contribution in [1.29, 1.82) is 0 Å². The van der Waals surface area contributed by atoms with Crippen molar-refractivity contribution in [3.05, 3.63) is 54.1 Å². The number of rotatable bonds is 6. The highest BCUT2D eigenvalue weighted by Crippen LogP contribution is 2.36. The van der Waals surface area contributed by atoms with E-state index in [-0.39, 0.29) is 11.8 Å². The van der Waals surface area contributed by atoms with Crippen molar-refractivity contribution in [2.75, 3.05) is 38.2 Å². The summed E-state index contributed by atoms with van der Waals surface area (Å²) in [7, 11) is 1.67. The van der Waals surface area contributed by atoms with Gasteiger partial charge in [-0.2, -0.15) is 0 Å². The lowest BCUT2D eigenvalue weighted by molar-refractivity contribution is -0.126. The molecule has 2 aliphatic heterocycles. The van der Waals surface area contributed by atoms with E-state index in [0.29, 0.717) is 6.04 Å². The number of thiazole rings is 1. The summed E-state index contributed by atoms with van der Waals surface area (Å²) in [5, 5.41) is 4.26. The molecule has 3 aromatic rings. The Bertz CT molecular complexity index is 1040. The van der Waals surface area contributed by atoms with E-state index < -0.39 is 0 Å². The molecule has 31 heavy (non-hydrogen) atoms. The van der Waals surface area contributed by atoms with E-state index in [2.05, 4.69) is 51.5 Å². The first-order valence-electron chi connectivity index (χ1n) is 10.9. The number of likely N-dealkylation sites (tertiary alicyclic amines) is 1. The van der Waals surface area contributed by atoms with Gasteiger partial charge >= 0.3 is 0 Å². The van der Waals surface area contributed by atoms with E-state index in [1.807, 2.05) is 12.1 Å². The molecule has 0 unspecified atom stereocenters. The predicted molar refractivity (Wildman–Crippen MR) is 125 cm³/mol. The number of hydrogen-bond acceptors (Lipinski definition) is 6. The number of ether oxygens (including phenoxy) is 1. The summed E-state index contributed by atoms with van der Waals surface area (Å²) >= 11 is 1.66. The van der Waals surface area contributed by atoms with Crippen molar-refractivity contribution in [2.24, 2.45) is 5.92 Å². The summed E-state index contributed by atoms with van der Waals surface area (Å²) < 4.78 is 6.53. The van der Waals surface area contributed by atoms with E-state index >= 15 is 0 Å². The van der Waals surface area contributed by atoms with Gasteiger partial charge in [0.2, 0.25) is 5.91 Å². The monoisotopic (exact) mass is 436 g/mol. The third kappa shape index (κ3) is 4.38. The second kappa shape index (κ2) is 8.85. The number of para-hydroxylation sites is 1. The van der Waals surface area contributed by atoms with Crippen LogP contribution in [-0.2, 0) is 11.3 Å². The molecule has 1 N–H and O–H groups in total. The van der Waals surface area contributed by atoms with E-state index in [1.165, 1.54) is 5.56 Å². The first kappa shape index (κ1) is 20.3. The van der Waals surface area contributed by atoms with Gasteiger partial charge in [0.25, 0.3) is 0 Å². The molecule has 6 nitrogen and oxygen atoms in total. The van der Waals surface area contributed by atoms with E-state index in [1.54, 1.807) is 18.4 Å². The molecule has 0 radical (unpaired) electrons. The number of nitrogens with one attached hydrogen (secondary N) is 1. The third-order valence-corrected chi connectivity index (χ3v) is 7.38. The van der Waals surface area contributed by atoms with Gasteiger partial charge in [0.1, 0.15) is 11.3 Å². The van der Waals surface area contributed by atoms with Gasteiger partial charge in [-0.25, -0.2) is 4.98 Å². The summed E-state index contributed by atoms with van der Waals surface area (Å²) in [6.45, 7) is 4.53. The molecular formula is C24H28N4O2S. The molecule has 2 aliphatic rings. The average molecular weight is 437 g/mol. The molecule has 162 valence electrons. The Labute approximate surface area is 186 Å². The number of aromatic nitrogens is 1. The third-order valence-electron chi connectivity index (χ3n) is 6.30. The molecule has 0 saturated carbocycles. The number of carbonyl (C=O) groups excluding carboxylic acids is 1. The SMILES string of the molecule is COc1cccc2sc(N3CC(C(=O)NC4CCN(Cc5ccccc5)CC4)C3)nc12. The Morgan fingerprint density at radius 1 is 1.13 bits per heavy atom. The molecule has 1 aromatic heterocycles. The number of fused-ring (bicyclic) bond motifs is 1. The molecule has 0 atom stereocenters. The van der Waals surface area contributed by atoms with Crippen LogP contribution >= 0.6 is 11.3 Å². The van der Waals surface area contributed by atoms with Crippen molar-refractivity contribution >= 4 is 32.6 Å². The lowest BCUT2D eigenvalue weighted by atomic mass is 9.97. The number of hydrogen-bond donors (Lipinski definition) is 1. The second-order valence-electron chi connectivity index (χ2n) is 8.45. The zero-order chi connectivity index (χ0) is 21.2. The molecule has 3 heterocycles. The lowest BCUT2D eigenvalue weighted by Gasteiger charge is -2.39. The maximum absolute atomic E-state index is 12.7. The molecule has 5 rings (SSSR count). The quantitative estimate of drug-likeness (QED) is 0.641. The van der Waals surface area contributed by atoms with Gasteiger partial charge in [0.15, 0.2) is 5.13 Å². The number of methoxy groups -OCH3 is 1. The van der Waals surface area contributed by atoms with Crippen LogP contribution in [0.1, 0.15) is 18.4 Å². The van der Waals surface area contributed by atoms with Crippen LogP contribution in [0.2, 0.25) is 0 Å². The Morgan fingerprint density at radius 3 is 2.65 bits per heavy atom. The number of nitrogens with zero attached hydrogens (tertiary/aromatic N) is 3. The highest BCUT2D eigenvalue weighted by molar-refractivity contribution is 7.22. The van der Waals surface area contributed by atoms with Gasteiger partial charge < -0.3 is 15.0 Å². The number of benzene rings is 2. The Hall–Kier alpha value is -2.64. The van der Waals surface area contributed by atoms with E-state index in [4.69, 9.17) is 9.72 Å². The minimum Gasteiger partial charge on any atom is -0.494 e. The van der Waals surface area contributed by atoms with Gasteiger partial charge in [-0.1, -0.05) is 47.7 Å². The number of anilines is 1. The fraction of sp³-hybridized carbons (Fsp3) is 0.417. The minimum absolute atomic E-state index is 0.0521. The number of amides is 1. The first-order valence-corrected chi connectivity index (χ1v) is 11.8. The maximum atomic E-state index is 12.7. The summed E-state index contributed by atoms with van der Waals surface area (Å²) in [6.07, 6.45) is 2.04. The van der Waals surface area contributed by atoms with Crippen LogP contribution in [-0.4, -0.2) is 55.1 Å². The van der Waals surface area contributed by atoms with Crippen LogP contribution in [0.5, 0.6) is 5.75 Å². The molecule has 2 aromatic carbocycles. The highest BCUT2D eigenvalue weighted by Gasteiger charge is 2.35. The molecule has 0 bridgehead atoms. The van der Waals surface area contributed by atoms with E-state index in [0.717, 1.165) is 66.7 Å². The maximum Gasteiger partial charge on any atom is 0.226 e. The van der Waals surface area contributed by atoms with E-state index in [9.17, 15) is 4.79 Å². The molecule has 0 spiro atoms. The van der Waals surface area contributed by atoms with Crippen LogP contribution in [0.4, 0.5) is 5.13 Å². The fourth-order valence-corrected chi connectivity index (χ4v) is 5.41. The van der Waals surface area contributed by atoms with Crippen molar-refractivity contribution in [2.45, 2.75) is 25.4 Å². The van der Waals surface area contributed by atoms with Crippen molar-refractivity contribution < 1.29 is 9.53 Å². The summed E-state index contributed by atoms with van der Waals surface area (Å²) in [4.78, 5) is 22.1. The van der Waals surface area contributed by atoms with Crippen LogP contribution in [0.25, 0.3) is 10.2 Å². The van der Waals surface area contributed by atoms with Crippen LogP contribution in [0.3, 0.4) is 0 Å². The summed E-state index contributed by atoms with van der Waals surface area (Å²) in [6, 6.07) is 16.9. The Kier molecular flexibility index (Phi) is 5.78. The predicted octanol–water partition coefficient (Wildman–Crippen LogP) is 3.52. The molecule has 2 saturated heterocycles. The zero-order valence-corrected chi connectivity index (χ0v) is 18.6. The standard InChI is InChI=1S/C24H28N4O2S/c1-30-20-8-5-9-21-22(20)26-24(31-21)28-15-18(16-28)23(29)25-19-10-12-27(13-11-19)14-17-6-3-2-4-7-17/h2-9,18-19H,10-16H2,1H3,(H,25,29). The van der Waals surface area contributed by atoms with Gasteiger partial charge in [-0.15, -0.1) is 0 Å². The molecule has 2 fully saturated rings. The largest absolute Gasteiger partial charge is 0.494 e. The normalized spacial score (nSPS) is 18.2. The smallest absolute Gasteiger partial charge is 0.226 e. The highest BCUT2D eigenvalue weighted by atomic mass is 32.1. The van der Waals surface area contributed by atoms with Gasteiger partial charge in [-0.05, 0) is 30.5 Å². The summed E-state index contributed by atoms with van der Waals surface area (Å²) in [5.41, 5.74) is 2.26. The average Bonchev–Trinajstić information content (AvgIpc) is 3.18. The first-order chi connectivity index (χ1) is 15.2. The van der Waals surface area contributed by atoms with Crippen LogP contribution in [0, 0.1) is 5.92 Å². The van der Waals surface area contributed by atoms with Gasteiger partial charge in [0.05, 0.1) is 17.7 Å². The number of piperidine rings is 1. The molecular weight excluding hydrogens is 408 g/mol. The second-order valence-corrected chi connectivity index (χ2v) is 9.46. The zero-order valence-electron chi connectivity index (χ0n) is 17.8. The Balaban J connectivity index is 1.09. The van der Waals surface area contributed by atoms with Gasteiger partial charge in [0, 0.05) is 38.8 Å². The topological polar surface area (TPSA) is 57.7 Å². The van der Waals surface area contributed by atoms with Crippen LogP contribution in [0.15, 0.2) is 48.5 Å². The summed E-state index contributed by atoms with van der Waals surface area (Å²) in [5.74, 6) is 1.04. The molecule has 0 aliphatic carbocycles. The molecule has 1 amide bonds. The fourth-order valence-electron chi connectivity index (χ4n) is 4.41. The van der Waals surface area contributed by atoms with Crippen molar-refractivity contribution in [3.8, 4) is 5.75 Å². The van der Waals surface area contributed by atoms with Crippen molar-refractivity contribution in [1.82, 2.24) is 15.2 Å². The van der Waals surface area contributed by atoms with Crippen molar-refractivity contribution in [3.63, 3.8) is 0 Å².